The molecule has 0 radical (unpaired) electrons. The highest BCUT2D eigenvalue weighted by molar-refractivity contribution is 7.86. The minimum atomic E-state index is -4.66. The van der Waals surface area contributed by atoms with Gasteiger partial charge in [-0.25, -0.2) is 13.2 Å². The van der Waals surface area contributed by atoms with E-state index in [0.29, 0.717) is 18.9 Å². The van der Waals surface area contributed by atoms with Crippen LogP contribution in [0.4, 0.5) is 13.2 Å². The standard InChI is InChI=1S/C18H24F3N3O5S/c1-9(30(27,28)29)16(17(23)25)18(26)24-4-2-10(3-5-24)15(22)7-11-6-13(20)14(21)8-12(11)19/h6,8-10,15-16H,2-5,7,22H2,1H3,(H2,23,25)(H,27,28,29)/t9?,15-,16?/m1/s1. The van der Waals surface area contributed by atoms with Gasteiger partial charge in [-0.2, -0.15) is 8.42 Å². The lowest BCUT2D eigenvalue weighted by Crippen LogP contribution is -2.51. The Morgan fingerprint density at radius 2 is 1.70 bits per heavy atom. The highest BCUT2D eigenvalue weighted by Gasteiger charge is 2.41. The summed E-state index contributed by atoms with van der Waals surface area (Å²) >= 11 is 0. The number of amides is 2. The molecule has 1 fully saturated rings. The van der Waals surface area contributed by atoms with E-state index in [1.165, 1.54) is 4.90 Å². The first-order valence-electron chi connectivity index (χ1n) is 9.26. The minimum Gasteiger partial charge on any atom is -0.369 e. The van der Waals surface area contributed by atoms with Crippen molar-refractivity contribution in [3.63, 3.8) is 0 Å². The maximum absolute atomic E-state index is 13.8. The quantitative estimate of drug-likeness (QED) is 0.314. The Morgan fingerprint density at radius 3 is 2.20 bits per heavy atom. The van der Waals surface area contributed by atoms with E-state index in [1.807, 2.05) is 0 Å². The van der Waals surface area contributed by atoms with E-state index in [2.05, 4.69) is 0 Å². The predicted octanol–water partition coefficient (Wildman–Crippen LogP) is 0.590. The highest BCUT2D eigenvalue weighted by atomic mass is 32.2. The summed E-state index contributed by atoms with van der Waals surface area (Å²) in [5.41, 5.74) is 11.2. The summed E-state index contributed by atoms with van der Waals surface area (Å²) in [6.07, 6.45) is 0.694. The number of halogens is 3. The Morgan fingerprint density at radius 1 is 1.17 bits per heavy atom. The number of carbonyl (C=O) groups is 2. The van der Waals surface area contributed by atoms with E-state index in [9.17, 15) is 31.2 Å². The first-order valence-corrected chi connectivity index (χ1v) is 10.8. The molecule has 30 heavy (non-hydrogen) atoms. The topological polar surface area (TPSA) is 144 Å². The van der Waals surface area contributed by atoms with Gasteiger partial charge < -0.3 is 16.4 Å². The van der Waals surface area contributed by atoms with Crippen LogP contribution in [0.1, 0.15) is 25.3 Å². The van der Waals surface area contributed by atoms with Crippen LogP contribution in [0.3, 0.4) is 0 Å². The first kappa shape index (κ1) is 24.1. The number of likely N-dealkylation sites (tertiary alicyclic amines) is 1. The van der Waals surface area contributed by atoms with Crippen molar-refractivity contribution in [1.29, 1.82) is 0 Å². The Balaban J connectivity index is 2.02. The van der Waals surface area contributed by atoms with Crippen LogP contribution in [0.5, 0.6) is 0 Å². The van der Waals surface area contributed by atoms with Crippen molar-refractivity contribution in [1.82, 2.24) is 4.90 Å². The van der Waals surface area contributed by atoms with Crippen molar-refractivity contribution in [2.75, 3.05) is 13.1 Å². The van der Waals surface area contributed by atoms with E-state index in [4.69, 9.17) is 16.0 Å². The molecule has 5 N–H and O–H groups in total. The lowest BCUT2D eigenvalue weighted by Gasteiger charge is -2.36. The number of piperidine rings is 1. The summed E-state index contributed by atoms with van der Waals surface area (Å²) in [6, 6.07) is 0.626. The molecule has 12 heteroatoms. The molecule has 2 amide bonds. The molecule has 1 aromatic carbocycles. The van der Waals surface area contributed by atoms with Crippen LogP contribution < -0.4 is 11.5 Å². The lowest BCUT2D eigenvalue weighted by molar-refractivity contribution is -0.142. The fraction of sp³-hybridized carbons (Fsp3) is 0.556. The Kier molecular flexibility index (Phi) is 7.48. The third-order valence-electron chi connectivity index (χ3n) is 5.51. The third kappa shape index (κ3) is 5.49. The van der Waals surface area contributed by atoms with Crippen LogP contribution in [0.15, 0.2) is 12.1 Å². The van der Waals surface area contributed by atoms with E-state index < -0.39 is 56.6 Å². The van der Waals surface area contributed by atoms with E-state index in [-0.39, 0.29) is 31.0 Å². The van der Waals surface area contributed by atoms with Gasteiger partial charge >= 0.3 is 0 Å². The van der Waals surface area contributed by atoms with Crippen LogP contribution in [-0.4, -0.2) is 54.1 Å². The van der Waals surface area contributed by atoms with Crippen LogP contribution in [-0.2, 0) is 26.1 Å². The Labute approximate surface area is 172 Å². The first-order chi connectivity index (χ1) is 13.8. The molecule has 2 rings (SSSR count). The molecule has 3 atom stereocenters. The zero-order chi connectivity index (χ0) is 22.8. The van der Waals surface area contributed by atoms with Crippen molar-refractivity contribution in [3.05, 3.63) is 35.1 Å². The van der Waals surface area contributed by atoms with Crippen LogP contribution >= 0.6 is 0 Å². The number of hydrogen-bond acceptors (Lipinski definition) is 5. The van der Waals surface area contributed by atoms with Gasteiger partial charge in [-0.3, -0.25) is 14.1 Å². The number of nitrogens with two attached hydrogens (primary N) is 2. The molecular formula is C18H24F3N3O5S. The number of carbonyl (C=O) groups excluding carboxylic acids is 2. The van der Waals surface area contributed by atoms with Gasteiger partial charge in [0, 0.05) is 25.2 Å². The SMILES string of the molecule is CC(C(C(N)=O)C(=O)N1CCC([C@H](N)Cc2cc(F)c(F)cc2F)CC1)S(=O)(=O)O. The fourth-order valence-electron chi connectivity index (χ4n) is 3.61. The third-order valence-corrected chi connectivity index (χ3v) is 6.73. The summed E-state index contributed by atoms with van der Waals surface area (Å²) in [7, 11) is -4.66. The van der Waals surface area contributed by atoms with E-state index >= 15 is 0 Å². The average Bonchev–Trinajstić information content (AvgIpc) is 2.65. The number of rotatable bonds is 7. The smallest absolute Gasteiger partial charge is 0.268 e. The van der Waals surface area contributed by atoms with Gasteiger partial charge in [-0.15, -0.1) is 0 Å². The normalized spacial score (nSPS) is 18.7. The van der Waals surface area contributed by atoms with Crippen LogP contribution in [0.2, 0.25) is 0 Å². The average molecular weight is 451 g/mol. The van der Waals surface area contributed by atoms with Crippen LogP contribution in [0.25, 0.3) is 0 Å². The molecule has 1 heterocycles. The number of nitrogens with zero attached hydrogens (tertiary/aromatic N) is 1. The van der Waals surface area contributed by atoms with Gasteiger partial charge in [0.05, 0.1) is 0 Å². The zero-order valence-electron chi connectivity index (χ0n) is 16.2. The molecular weight excluding hydrogens is 427 g/mol. The van der Waals surface area contributed by atoms with Crippen molar-refractivity contribution >= 4 is 21.9 Å². The number of benzene rings is 1. The van der Waals surface area contributed by atoms with Crippen molar-refractivity contribution in [2.24, 2.45) is 23.3 Å². The van der Waals surface area contributed by atoms with Crippen molar-refractivity contribution < 1.29 is 35.7 Å². The Hall–Kier alpha value is -2.18. The van der Waals surface area contributed by atoms with Gasteiger partial charge in [0.1, 0.15) is 17.0 Å². The summed E-state index contributed by atoms with van der Waals surface area (Å²) in [4.78, 5) is 25.5. The second-order valence-corrected chi connectivity index (χ2v) is 9.26. The van der Waals surface area contributed by atoms with E-state index in [0.717, 1.165) is 13.0 Å². The molecule has 1 saturated heterocycles. The summed E-state index contributed by atoms with van der Waals surface area (Å²) in [6.45, 7) is 1.29. The van der Waals surface area contributed by atoms with Crippen LogP contribution in [0, 0.1) is 29.3 Å². The molecule has 168 valence electrons. The molecule has 1 aliphatic heterocycles. The molecule has 0 bridgehead atoms. The fourth-order valence-corrected chi connectivity index (χ4v) is 4.21. The molecule has 8 nitrogen and oxygen atoms in total. The van der Waals surface area contributed by atoms with E-state index in [1.54, 1.807) is 0 Å². The summed E-state index contributed by atoms with van der Waals surface area (Å²) in [5, 5.41) is -1.70. The molecule has 1 aliphatic rings. The molecule has 0 aliphatic carbocycles. The van der Waals surface area contributed by atoms with Crippen molar-refractivity contribution in [2.45, 2.75) is 37.5 Å². The Bertz CT molecular complexity index is 920. The second kappa shape index (κ2) is 9.31. The van der Waals surface area contributed by atoms with Gasteiger partial charge in [-0.05, 0) is 43.7 Å². The highest BCUT2D eigenvalue weighted by Crippen LogP contribution is 2.25. The number of hydrogen-bond donors (Lipinski definition) is 3. The molecule has 2 unspecified atom stereocenters. The molecule has 0 aromatic heterocycles. The number of primary amides is 1. The maximum atomic E-state index is 13.8. The minimum absolute atomic E-state index is 0.0364. The zero-order valence-corrected chi connectivity index (χ0v) is 17.0. The second-order valence-electron chi connectivity index (χ2n) is 7.49. The van der Waals surface area contributed by atoms with Gasteiger partial charge in [-0.1, -0.05) is 0 Å². The monoisotopic (exact) mass is 451 g/mol. The molecule has 0 spiro atoms. The largest absolute Gasteiger partial charge is 0.369 e. The van der Waals surface area contributed by atoms with Crippen molar-refractivity contribution in [3.8, 4) is 0 Å². The van der Waals surface area contributed by atoms with Gasteiger partial charge in [0.2, 0.25) is 11.8 Å². The maximum Gasteiger partial charge on any atom is 0.268 e. The summed E-state index contributed by atoms with van der Waals surface area (Å²) in [5.74, 6) is -7.26. The predicted molar refractivity (Wildman–Crippen MR) is 101 cm³/mol. The summed E-state index contributed by atoms with van der Waals surface area (Å²) < 4.78 is 72.1. The van der Waals surface area contributed by atoms with Gasteiger partial charge in [0.15, 0.2) is 11.6 Å². The molecule has 1 aromatic rings. The van der Waals surface area contributed by atoms with Gasteiger partial charge in [0.25, 0.3) is 10.1 Å². The lowest BCUT2D eigenvalue weighted by atomic mass is 9.86. The molecule has 0 saturated carbocycles.